The summed E-state index contributed by atoms with van der Waals surface area (Å²) in [5, 5.41) is 15.6. The van der Waals surface area contributed by atoms with Gasteiger partial charge in [-0.05, 0) is 49.6 Å². The Hall–Kier alpha value is -3.41. The van der Waals surface area contributed by atoms with Crippen molar-refractivity contribution in [2.45, 2.75) is 24.3 Å². The highest BCUT2D eigenvalue weighted by Gasteiger charge is 2.45. The molecule has 5 rings (SSSR count). The number of hydrazine groups is 1. The van der Waals surface area contributed by atoms with Gasteiger partial charge in [0.1, 0.15) is 17.8 Å². The molecule has 2 aromatic carbocycles. The third-order valence-corrected chi connectivity index (χ3v) is 6.68. The summed E-state index contributed by atoms with van der Waals surface area (Å²) < 4.78 is 15.0. The van der Waals surface area contributed by atoms with E-state index in [1.165, 1.54) is 23.9 Å². The zero-order chi connectivity index (χ0) is 23.8. The highest BCUT2D eigenvalue weighted by atomic mass is 32.2. The Morgan fingerprint density at radius 1 is 1.21 bits per heavy atom. The van der Waals surface area contributed by atoms with Gasteiger partial charge in [0.25, 0.3) is 5.91 Å². The molecule has 2 fully saturated rings. The first-order valence-electron chi connectivity index (χ1n) is 10.8. The molecule has 3 atom stereocenters. The molecule has 4 N–H and O–H groups in total. The predicted octanol–water partition coefficient (Wildman–Crippen LogP) is 2.45. The SMILES string of the molecule is CSc1ccccc1C(=O)Nc1cc(C)nn1C1NC(=O)C2CNN(c3ccc(F)cc3)C2N1. The van der Waals surface area contributed by atoms with Crippen LogP contribution in [-0.4, -0.2) is 40.6 Å². The van der Waals surface area contributed by atoms with Crippen LogP contribution in [0, 0.1) is 18.7 Å². The Balaban J connectivity index is 1.40. The Morgan fingerprint density at radius 3 is 2.74 bits per heavy atom. The van der Waals surface area contributed by atoms with E-state index in [2.05, 4.69) is 26.5 Å². The van der Waals surface area contributed by atoms with E-state index in [9.17, 15) is 14.0 Å². The maximum Gasteiger partial charge on any atom is 0.257 e. The summed E-state index contributed by atoms with van der Waals surface area (Å²) in [7, 11) is 0. The lowest BCUT2D eigenvalue weighted by Crippen LogP contribution is -2.61. The molecule has 2 aliphatic heterocycles. The van der Waals surface area contributed by atoms with Gasteiger partial charge in [0.2, 0.25) is 5.91 Å². The van der Waals surface area contributed by atoms with Crippen molar-refractivity contribution >= 4 is 35.1 Å². The monoisotopic (exact) mass is 481 g/mol. The maximum absolute atomic E-state index is 13.4. The number of carbonyl (C=O) groups excluding carboxylic acids is 2. The van der Waals surface area contributed by atoms with Crippen LogP contribution < -0.4 is 26.4 Å². The van der Waals surface area contributed by atoms with Gasteiger partial charge in [0.15, 0.2) is 6.29 Å². The number of nitrogens with one attached hydrogen (secondary N) is 4. The molecule has 0 aliphatic carbocycles. The van der Waals surface area contributed by atoms with E-state index in [4.69, 9.17) is 0 Å². The summed E-state index contributed by atoms with van der Waals surface area (Å²) in [5.74, 6) is -0.647. The summed E-state index contributed by atoms with van der Waals surface area (Å²) >= 11 is 1.49. The van der Waals surface area contributed by atoms with Gasteiger partial charge in [-0.15, -0.1) is 11.8 Å². The van der Waals surface area contributed by atoms with E-state index >= 15 is 0 Å². The second-order valence-electron chi connectivity index (χ2n) is 8.11. The summed E-state index contributed by atoms with van der Waals surface area (Å²) in [6.45, 7) is 2.25. The standard InChI is InChI=1S/C23H24FN7O2S/c1-13-11-19(26-21(32)16-5-3-4-6-18(16)34-2)31(29-13)23-27-20-17(22(33)28-23)12-25-30(20)15-9-7-14(24)8-10-15/h3-11,17,20,23,25,27H,12H2,1-2H3,(H,26,32)(H,28,33). The number of halogens is 1. The number of hydrogen-bond donors (Lipinski definition) is 4. The number of nitrogens with zero attached hydrogens (tertiary/aromatic N) is 3. The molecule has 34 heavy (non-hydrogen) atoms. The van der Waals surface area contributed by atoms with Crippen molar-refractivity contribution in [2.75, 3.05) is 23.1 Å². The number of anilines is 2. The molecular weight excluding hydrogens is 457 g/mol. The first-order valence-corrected chi connectivity index (χ1v) is 12.0. The highest BCUT2D eigenvalue weighted by Crippen LogP contribution is 2.28. The lowest BCUT2D eigenvalue weighted by molar-refractivity contribution is -0.129. The lowest BCUT2D eigenvalue weighted by atomic mass is 10.0. The van der Waals surface area contributed by atoms with Crippen molar-refractivity contribution in [3.05, 3.63) is 71.7 Å². The summed E-state index contributed by atoms with van der Waals surface area (Å²) in [6, 6.07) is 15.2. The van der Waals surface area contributed by atoms with Crippen LogP contribution in [0.15, 0.2) is 59.5 Å². The highest BCUT2D eigenvalue weighted by molar-refractivity contribution is 7.98. The fourth-order valence-corrected chi connectivity index (χ4v) is 4.86. The largest absolute Gasteiger partial charge is 0.321 e. The molecule has 3 heterocycles. The van der Waals surface area contributed by atoms with Crippen LogP contribution in [0.1, 0.15) is 22.3 Å². The van der Waals surface area contributed by atoms with Crippen molar-refractivity contribution in [2.24, 2.45) is 5.92 Å². The van der Waals surface area contributed by atoms with Crippen LogP contribution in [0.3, 0.4) is 0 Å². The molecule has 3 aromatic rings. The molecule has 0 saturated carbocycles. The van der Waals surface area contributed by atoms with E-state index in [0.29, 0.717) is 23.6 Å². The molecule has 0 bridgehead atoms. The number of amides is 2. The van der Waals surface area contributed by atoms with Crippen molar-refractivity contribution in [3.63, 3.8) is 0 Å². The van der Waals surface area contributed by atoms with E-state index in [1.54, 1.807) is 28.9 Å². The topological polar surface area (TPSA) is 103 Å². The van der Waals surface area contributed by atoms with Crippen LogP contribution in [0.4, 0.5) is 15.9 Å². The number of aromatic nitrogens is 2. The van der Waals surface area contributed by atoms with E-state index < -0.39 is 12.5 Å². The molecule has 3 unspecified atom stereocenters. The van der Waals surface area contributed by atoms with Gasteiger partial charge in [0, 0.05) is 17.5 Å². The first kappa shape index (κ1) is 22.4. The zero-order valence-electron chi connectivity index (χ0n) is 18.6. The van der Waals surface area contributed by atoms with Gasteiger partial charge in [-0.25, -0.2) is 14.5 Å². The fraction of sp³-hybridized carbons (Fsp3) is 0.261. The summed E-state index contributed by atoms with van der Waals surface area (Å²) in [6.07, 6.45) is 0.826. The van der Waals surface area contributed by atoms with E-state index in [-0.39, 0.29) is 23.5 Å². The number of benzene rings is 2. The maximum atomic E-state index is 13.4. The molecule has 2 amide bonds. The van der Waals surface area contributed by atoms with Gasteiger partial charge >= 0.3 is 0 Å². The smallest absolute Gasteiger partial charge is 0.257 e. The molecule has 11 heteroatoms. The average molecular weight is 482 g/mol. The third-order valence-electron chi connectivity index (χ3n) is 5.89. The molecule has 1 aromatic heterocycles. The Morgan fingerprint density at radius 2 is 1.97 bits per heavy atom. The van der Waals surface area contributed by atoms with Crippen LogP contribution in [0.5, 0.6) is 0 Å². The molecule has 0 radical (unpaired) electrons. The second-order valence-corrected chi connectivity index (χ2v) is 8.96. The third kappa shape index (κ3) is 4.13. The Bertz CT molecular complexity index is 1230. The minimum atomic E-state index is -0.698. The fourth-order valence-electron chi connectivity index (χ4n) is 4.27. The van der Waals surface area contributed by atoms with E-state index in [1.807, 2.05) is 36.4 Å². The van der Waals surface area contributed by atoms with E-state index in [0.717, 1.165) is 10.6 Å². The Labute approximate surface area is 200 Å². The lowest BCUT2D eigenvalue weighted by Gasteiger charge is -2.37. The average Bonchev–Trinajstić information content (AvgIpc) is 3.43. The van der Waals surface area contributed by atoms with Gasteiger partial charge in [-0.3, -0.25) is 19.9 Å². The molecule has 2 aliphatic rings. The van der Waals surface area contributed by atoms with Crippen LogP contribution in [0.2, 0.25) is 0 Å². The van der Waals surface area contributed by atoms with Gasteiger partial charge < -0.3 is 10.6 Å². The number of carbonyl (C=O) groups is 2. The molecule has 0 spiro atoms. The summed E-state index contributed by atoms with van der Waals surface area (Å²) in [4.78, 5) is 26.8. The number of hydrogen-bond acceptors (Lipinski definition) is 7. The minimum absolute atomic E-state index is 0.149. The van der Waals surface area contributed by atoms with Crippen molar-refractivity contribution in [1.29, 1.82) is 0 Å². The van der Waals surface area contributed by atoms with Crippen molar-refractivity contribution in [3.8, 4) is 0 Å². The molecule has 9 nitrogen and oxygen atoms in total. The minimum Gasteiger partial charge on any atom is -0.321 e. The van der Waals surface area contributed by atoms with Crippen LogP contribution in [0.25, 0.3) is 0 Å². The number of rotatable bonds is 5. The molecule has 176 valence electrons. The van der Waals surface area contributed by atoms with Gasteiger partial charge in [0.05, 0.1) is 22.9 Å². The first-order chi connectivity index (χ1) is 16.4. The zero-order valence-corrected chi connectivity index (χ0v) is 19.4. The number of aryl methyl sites for hydroxylation is 1. The second kappa shape index (κ2) is 9.09. The quantitative estimate of drug-likeness (QED) is 0.415. The number of thioether (sulfide) groups is 1. The van der Waals surface area contributed by atoms with Crippen molar-refractivity contribution < 1.29 is 14.0 Å². The van der Waals surface area contributed by atoms with Crippen LogP contribution in [-0.2, 0) is 4.79 Å². The summed E-state index contributed by atoms with van der Waals surface area (Å²) in [5.41, 5.74) is 5.18. The van der Waals surface area contributed by atoms with Crippen molar-refractivity contribution in [1.82, 2.24) is 25.8 Å². The predicted molar refractivity (Wildman–Crippen MR) is 128 cm³/mol. The van der Waals surface area contributed by atoms with Gasteiger partial charge in [-0.1, -0.05) is 12.1 Å². The number of fused-ring (bicyclic) bond motifs is 1. The normalized spacial score (nSPS) is 21.8. The molecular formula is C23H24FN7O2S. The molecule has 2 saturated heterocycles. The Kier molecular flexibility index (Phi) is 5.98. The van der Waals surface area contributed by atoms with Gasteiger partial charge in [-0.2, -0.15) is 5.10 Å². The van der Waals surface area contributed by atoms with Crippen LogP contribution >= 0.6 is 11.8 Å².